The maximum Gasteiger partial charge on any atom is 0.270 e. The highest BCUT2D eigenvalue weighted by atomic mass is 32.1. The minimum absolute atomic E-state index is 0.0929. The molecule has 1 amide bonds. The Morgan fingerprint density at radius 3 is 2.88 bits per heavy atom. The lowest BCUT2D eigenvalue weighted by molar-refractivity contribution is 0.0948. The van der Waals surface area contributed by atoms with Gasteiger partial charge in [-0.1, -0.05) is 26.2 Å². The van der Waals surface area contributed by atoms with Gasteiger partial charge in [0.05, 0.1) is 6.04 Å². The van der Waals surface area contributed by atoms with Gasteiger partial charge in [-0.2, -0.15) is 0 Å². The van der Waals surface area contributed by atoms with Crippen LogP contribution in [0, 0.1) is 0 Å². The Labute approximate surface area is 107 Å². The molecule has 0 aliphatic carbocycles. The number of carbonyl (C=O) groups is 1. The predicted molar refractivity (Wildman–Crippen MR) is 71.2 cm³/mol. The number of rotatable bonds is 7. The smallest absolute Gasteiger partial charge is 0.270 e. The van der Waals surface area contributed by atoms with Crippen LogP contribution in [0.5, 0.6) is 0 Å². The zero-order valence-electron chi connectivity index (χ0n) is 10.5. The van der Waals surface area contributed by atoms with Crippen molar-refractivity contribution >= 4 is 17.2 Å². The van der Waals surface area contributed by atoms with Crippen molar-refractivity contribution < 1.29 is 4.79 Å². The van der Waals surface area contributed by atoms with Crippen LogP contribution in [-0.2, 0) is 0 Å². The van der Waals surface area contributed by atoms with Crippen molar-refractivity contribution in [1.82, 2.24) is 10.3 Å². The Balaban J connectivity index is 2.31. The zero-order chi connectivity index (χ0) is 12.7. The van der Waals surface area contributed by atoms with Gasteiger partial charge in [0, 0.05) is 11.9 Å². The van der Waals surface area contributed by atoms with Crippen LogP contribution < -0.4 is 11.1 Å². The van der Waals surface area contributed by atoms with Crippen LogP contribution in [-0.4, -0.2) is 17.4 Å². The largest absolute Gasteiger partial charge is 0.351 e. The van der Waals surface area contributed by atoms with Crippen molar-refractivity contribution in [2.45, 2.75) is 45.6 Å². The van der Waals surface area contributed by atoms with Crippen molar-refractivity contribution in [3.8, 4) is 0 Å². The molecule has 4 nitrogen and oxygen atoms in total. The highest BCUT2D eigenvalue weighted by Crippen LogP contribution is 2.15. The van der Waals surface area contributed by atoms with Crippen LogP contribution in [0.2, 0.25) is 0 Å². The number of unbranched alkanes of at least 4 members (excludes halogenated alkanes) is 3. The Hall–Kier alpha value is -0.940. The lowest BCUT2D eigenvalue weighted by Gasteiger charge is -2.02. The minimum atomic E-state index is -0.105. The van der Waals surface area contributed by atoms with Gasteiger partial charge >= 0.3 is 0 Å². The van der Waals surface area contributed by atoms with Gasteiger partial charge in [0.25, 0.3) is 5.91 Å². The number of thiazole rings is 1. The number of hydrogen-bond donors (Lipinski definition) is 2. The molecule has 1 unspecified atom stereocenters. The summed E-state index contributed by atoms with van der Waals surface area (Å²) in [7, 11) is 0. The summed E-state index contributed by atoms with van der Waals surface area (Å²) < 4.78 is 0. The molecule has 1 aromatic heterocycles. The van der Waals surface area contributed by atoms with Gasteiger partial charge in [-0.3, -0.25) is 4.79 Å². The normalized spacial score (nSPS) is 12.4. The topological polar surface area (TPSA) is 68.0 Å². The number of nitrogens with two attached hydrogens (primary N) is 1. The van der Waals surface area contributed by atoms with E-state index in [0.29, 0.717) is 5.69 Å². The standard InChI is InChI=1S/C12H21N3OS/c1-3-4-5-6-7-14-11(16)10-8-17-12(15-10)9(2)13/h8-9H,3-7,13H2,1-2H3,(H,14,16). The molecule has 1 heterocycles. The average Bonchev–Trinajstić information content (AvgIpc) is 2.78. The molecule has 96 valence electrons. The summed E-state index contributed by atoms with van der Waals surface area (Å²) >= 11 is 1.44. The van der Waals surface area contributed by atoms with Crippen molar-refractivity contribution in [2.75, 3.05) is 6.54 Å². The lowest BCUT2D eigenvalue weighted by Crippen LogP contribution is -2.24. The maximum absolute atomic E-state index is 11.7. The Morgan fingerprint density at radius 2 is 2.29 bits per heavy atom. The van der Waals surface area contributed by atoms with Crippen LogP contribution in [0.3, 0.4) is 0 Å². The summed E-state index contributed by atoms with van der Waals surface area (Å²) in [5, 5.41) is 5.45. The molecule has 0 fully saturated rings. The van der Waals surface area contributed by atoms with E-state index in [2.05, 4.69) is 17.2 Å². The molecule has 0 radical (unpaired) electrons. The molecule has 1 aromatic rings. The molecule has 3 N–H and O–H groups in total. The van der Waals surface area contributed by atoms with E-state index >= 15 is 0 Å². The van der Waals surface area contributed by atoms with Crippen LogP contribution in [0.4, 0.5) is 0 Å². The first kappa shape index (κ1) is 14.1. The van der Waals surface area contributed by atoms with E-state index < -0.39 is 0 Å². The van der Waals surface area contributed by atoms with E-state index in [1.165, 1.54) is 30.6 Å². The molecule has 5 heteroatoms. The fraction of sp³-hybridized carbons (Fsp3) is 0.667. The third kappa shape index (κ3) is 4.83. The molecule has 0 saturated carbocycles. The molecule has 17 heavy (non-hydrogen) atoms. The second kappa shape index (κ2) is 7.40. The number of nitrogens with zero attached hydrogens (tertiary/aromatic N) is 1. The highest BCUT2D eigenvalue weighted by molar-refractivity contribution is 7.09. The van der Waals surface area contributed by atoms with Gasteiger partial charge in [0.1, 0.15) is 10.7 Å². The first-order valence-corrected chi connectivity index (χ1v) is 7.02. The first-order valence-electron chi connectivity index (χ1n) is 6.14. The molecule has 1 rings (SSSR count). The van der Waals surface area contributed by atoms with Crippen LogP contribution >= 0.6 is 11.3 Å². The predicted octanol–water partition coefficient (Wildman–Crippen LogP) is 2.47. The van der Waals surface area contributed by atoms with Gasteiger partial charge < -0.3 is 11.1 Å². The van der Waals surface area contributed by atoms with Crippen molar-refractivity contribution in [2.24, 2.45) is 5.73 Å². The molecule has 0 bridgehead atoms. The van der Waals surface area contributed by atoms with Crippen LogP contribution in [0.1, 0.15) is 61.1 Å². The lowest BCUT2D eigenvalue weighted by atomic mass is 10.2. The molecular weight excluding hydrogens is 234 g/mol. The SMILES string of the molecule is CCCCCCNC(=O)c1csc(C(C)N)n1. The highest BCUT2D eigenvalue weighted by Gasteiger charge is 2.11. The number of amides is 1. The van der Waals surface area contributed by atoms with E-state index in [9.17, 15) is 4.79 Å². The van der Waals surface area contributed by atoms with E-state index in [1.54, 1.807) is 5.38 Å². The summed E-state index contributed by atoms with van der Waals surface area (Å²) in [5.74, 6) is -0.0929. The fourth-order valence-corrected chi connectivity index (χ4v) is 2.20. The van der Waals surface area contributed by atoms with Crippen LogP contribution in [0.15, 0.2) is 5.38 Å². The van der Waals surface area contributed by atoms with Crippen molar-refractivity contribution in [3.05, 3.63) is 16.1 Å². The van der Waals surface area contributed by atoms with Crippen molar-refractivity contribution in [3.63, 3.8) is 0 Å². The summed E-state index contributed by atoms with van der Waals surface area (Å²) in [6.07, 6.45) is 4.63. The molecule has 0 saturated heterocycles. The number of nitrogens with one attached hydrogen (secondary N) is 1. The summed E-state index contributed by atoms with van der Waals surface area (Å²) in [5.41, 5.74) is 6.18. The number of aromatic nitrogens is 1. The monoisotopic (exact) mass is 255 g/mol. The van der Waals surface area contributed by atoms with E-state index in [4.69, 9.17) is 5.73 Å². The third-order valence-electron chi connectivity index (χ3n) is 2.46. The maximum atomic E-state index is 11.7. The quantitative estimate of drug-likeness (QED) is 0.735. The van der Waals surface area contributed by atoms with E-state index in [-0.39, 0.29) is 11.9 Å². The van der Waals surface area contributed by atoms with Gasteiger partial charge in [-0.25, -0.2) is 4.98 Å². The fourth-order valence-electron chi connectivity index (χ4n) is 1.45. The summed E-state index contributed by atoms with van der Waals surface area (Å²) in [6.45, 7) is 4.76. The first-order chi connectivity index (χ1) is 8.15. The molecule has 1 atom stereocenters. The number of carbonyl (C=O) groups excluding carboxylic acids is 1. The Kier molecular flexibility index (Phi) is 6.15. The van der Waals surface area contributed by atoms with Gasteiger partial charge in [-0.15, -0.1) is 11.3 Å². The zero-order valence-corrected chi connectivity index (χ0v) is 11.3. The average molecular weight is 255 g/mol. The Morgan fingerprint density at radius 1 is 1.53 bits per heavy atom. The van der Waals surface area contributed by atoms with Crippen LogP contribution in [0.25, 0.3) is 0 Å². The molecule has 0 spiro atoms. The van der Waals surface area contributed by atoms with Gasteiger partial charge in [0.2, 0.25) is 0 Å². The van der Waals surface area contributed by atoms with Crippen molar-refractivity contribution in [1.29, 1.82) is 0 Å². The Bertz CT molecular complexity index is 349. The van der Waals surface area contributed by atoms with Gasteiger partial charge in [0.15, 0.2) is 0 Å². The van der Waals surface area contributed by atoms with E-state index in [1.807, 2.05) is 6.92 Å². The minimum Gasteiger partial charge on any atom is -0.351 e. The van der Waals surface area contributed by atoms with Gasteiger partial charge in [-0.05, 0) is 13.3 Å². The second-order valence-electron chi connectivity index (χ2n) is 4.18. The summed E-state index contributed by atoms with van der Waals surface area (Å²) in [6, 6.07) is -0.105. The second-order valence-corrected chi connectivity index (χ2v) is 5.07. The molecular formula is C12H21N3OS. The molecule has 0 aliphatic rings. The third-order valence-corrected chi connectivity index (χ3v) is 3.51. The summed E-state index contributed by atoms with van der Waals surface area (Å²) in [4.78, 5) is 15.9. The van der Waals surface area contributed by atoms with E-state index in [0.717, 1.165) is 18.0 Å². The molecule has 0 aliphatic heterocycles. The number of hydrogen-bond acceptors (Lipinski definition) is 4. The molecule has 0 aromatic carbocycles.